The second-order valence-electron chi connectivity index (χ2n) is 9.80. The van der Waals surface area contributed by atoms with E-state index >= 15 is 0 Å². The van der Waals surface area contributed by atoms with E-state index in [4.69, 9.17) is 28.4 Å². The van der Waals surface area contributed by atoms with Crippen molar-refractivity contribution in [1.29, 1.82) is 0 Å². The molecule has 0 N–H and O–H groups in total. The molecular weight excluding hydrogens is 584 g/mol. The SMILES string of the molecule is CCCC1=C(C(=O)OCC)[C@H](c2cc(OC)ccc2OC)n2c(s/c(=C\c3ccc(-c4cccc(C(=O)OC)c4)o3)c2=O)=N1. The first-order chi connectivity index (χ1) is 21.3. The molecule has 11 heteroatoms. The predicted molar refractivity (Wildman–Crippen MR) is 165 cm³/mol. The Hall–Kier alpha value is -4.90. The van der Waals surface area contributed by atoms with Gasteiger partial charge in [0.05, 0.1) is 49.3 Å². The van der Waals surface area contributed by atoms with E-state index in [-0.39, 0.29) is 17.7 Å². The standard InChI is InChI=1S/C33H32N2O8S/c1-6-9-24-28(32(38)42-7-2)29(23-17-21(39-3)12-15-26(23)40-4)35-30(36)27(44-33(35)34-24)18-22-13-14-25(43-22)19-10-8-11-20(16-19)31(37)41-5/h8,10-18,29H,6-7,9H2,1-5H3/b27-18-/t29-/m0/s1. The van der Waals surface area contributed by atoms with Gasteiger partial charge in [-0.3, -0.25) is 9.36 Å². The van der Waals surface area contributed by atoms with E-state index in [1.807, 2.05) is 13.0 Å². The highest BCUT2D eigenvalue weighted by Gasteiger charge is 2.36. The number of carbonyl (C=O) groups excluding carboxylic acids is 2. The molecule has 228 valence electrons. The summed E-state index contributed by atoms with van der Waals surface area (Å²) in [6.45, 7) is 3.90. The molecule has 0 unspecified atom stereocenters. The van der Waals surface area contributed by atoms with E-state index in [1.165, 1.54) is 30.1 Å². The highest BCUT2D eigenvalue weighted by molar-refractivity contribution is 7.07. The van der Waals surface area contributed by atoms with Crippen LogP contribution in [0.25, 0.3) is 17.4 Å². The topological polar surface area (TPSA) is 119 Å². The lowest BCUT2D eigenvalue weighted by Gasteiger charge is -2.27. The van der Waals surface area contributed by atoms with Gasteiger partial charge in [-0.05, 0) is 55.8 Å². The number of methoxy groups -OCH3 is 3. The average molecular weight is 617 g/mol. The van der Waals surface area contributed by atoms with E-state index in [0.29, 0.717) is 61.2 Å². The lowest BCUT2D eigenvalue weighted by molar-refractivity contribution is -0.139. The van der Waals surface area contributed by atoms with Crippen LogP contribution in [0.1, 0.15) is 54.4 Å². The maximum absolute atomic E-state index is 14.1. The fourth-order valence-electron chi connectivity index (χ4n) is 5.10. The fourth-order valence-corrected chi connectivity index (χ4v) is 6.10. The number of rotatable bonds is 10. The summed E-state index contributed by atoms with van der Waals surface area (Å²) < 4.78 is 29.4. The van der Waals surface area contributed by atoms with E-state index in [0.717, 1.165) is 6.42 Å². The monoisotopic (exact) mass is 616 g/mol. The number of furan rings is 1. The van der Waals surface area contributed by atoms with Crippen LogP contribution in [0.5, 0.6) is 11.5 Å². The highest BCUT2D eigenvalue weighted by atomic mass is 32.1. The van der Waals surface area contributed by atoms with E-state index in [1.54, 1.807) is 68.6 Å². The zero-order valence-corrected chi connectivity index (χ0v) is 25.9. The molecule has 0 saturated heterocycles. The van der Waals surface area contributed by atoms with Gasteiger partial charge in [0.25, 0.3) is 5.56 Å². The molecule has 0 spiro atoms. The Balaban J connectivity index is 1.68. The van der Waals surface area contributed by atoms with Crippen molar-refractivity contribution in [2.45, 2.75) is 32.7 Å². The second kappa shape index (κ2) is 13.2. The molecule has 0 saturated carbocycles. The third kappa shape index (κ3) is 5.83. The van der Waals surface area contributed by atoms with Crippen LogP contribution in [0, 0.1) is 0 Å². The lowest BCUT2D eigenvalue weighted by atomic mass is 9.93. The van der Waals surface area contributed by atoms with Crippen LogP contribution >= 0.6 is 11.3 Å². The summed E-state index contributed by atoms with van der Waals surface area (Å²) in [6.07, 6.45) is 2.88. The maximum atomic E-state index is 14.1. The summed E-state index contributed by atoms with van der Waals surface area (Å²) in [5, 5.41) is 0. The van der Waals surface area contributed by atoms with Gasteiger partial charge in [0.15, 0.2) is 4.80 Å². The Bertz CT molecular complexity index is 1930. The zero-order valence-electron chi connectivity index (χ0n) is 25.0. The fraction of sp³-hybridized carbons (Fsp3) is 0.273. The van der Waals surface area contributed by atoms with Gasteiger partial charge in [0.1, 0.15) is 29.1 Å². The van der Waals surface area contributed by atoms with Gasteiger partial charge in [-0.2, -0.15) is 0 Å². The Morgan fingerprint density at radius 1 is 1.02 bits per heavy atom. The number of hydrogen-bond acceptors (Lipinski definition) is 10. The summed E-state index contributed by atoms with van der Waals surface area (Å²) >= 11 is 1.20. The Kier molecular flexibility index (Phi) is 9.15. The molecule has 1 aliphatic rings. The molecule has 0 aliphatic carbocycles. The van der Waals surface area contributed by atoms with Crippen molar-refractivity contribution < 1.29 is 33.0 Å². The van der Waals surface area contributed by atoms with Crippen LogP contribution in [-0.2, 0) is 14.3 Å². The molecule has 3 heterocycles. The smallest absolute Gasteiger partial charge is 0.338 e. The van der Waals surface area contributed by atoms with Gasteiger partial charge in [0.2, 0.25) is 0 Å². The van der Waals surface area contributed by atoms with Crippen molar-refractivity contribution in [2.75, 3.05) is 27.9 Å². The number of thiazole rings is 1. The Morgan fingerprint density at radius 2 is 1.84 bits per heavy atom. The van der Waals surface area contributed by atoms with E-state index in [2.05, 4.69) is 0 Å². The first-order valence-electron chi connectivity index (χ1n) is 14.1. The minimum atomic E-state index is -0.868. The largest absolute Gasteiger partial charge is 0.497 e. The molecule has 0 radical (unpaired) electrons. The molecule has 44 heavy (non-hydrogen) atoms. The van der Waals surface area contributed by atoms with Crippen molar-refractivity contribution in [1.82, 2.24) is 4.57 Å². The number of esters is 2. The molecule has 1 aliphatic heterocycles. The van der Waals surface area contributed by atoms with Crippen molar-refractivity contribution in [3.05, 3.63) is 102 Å². The number of nitrogens with zero attached hydrogens (tertiary/aromatic N) is 2. The third-order valence-corrected chi connectivity index (χ3v) is 8.07. The van der Waals surface area contributed by atoms with Gasteiger partial charge in [-0.1, -0.05) is 36.8 Å². The van der Waals surface area contributed by atoms with Gasteiger partial charge in [-0.25, -0.2) is 14.6 Å². The van der Waals surface area contributed by atoms with Crippen LogP contribution < -0.4 is 24.4 Å². The number of aromatic nitrogens is 1. The molecule has 1 atom stereocenters. The average Bonchev–Trinajstić information content (AvgIpc) is 3.64. The van der Waals surface area contributed by atoms with Gasteiger partial charge in [0, 0.05) is 17.2 Å². The summed E-state index contributed by atoms with van der Waals surface area (Å²) in [5.41, 5.74) is 2.12. The predicted octanol–water partition coefficient (Wildman–Crippen LogP) is 4.64. The third-order valence-electron chi connectivity index (χ3n) is 7.09. The van der Waals surface area contributed by atoms with Crippen molar-refractivity contribution in [3.63, 3.8) is 0 Å². The molecule has 0 bridgehead atoms. The number of hydrogen-bond donors (Lipinski definition) is 0. The van der Waals surface area contributed by atoms with E-state index < -0.39 is 18.0 Å². The highest BCUT2D eigenvalue weighted by Crippen LogP contribution is 2.38. The molecule has 4 aromatic rings. The maximum Gasteiger partial charge on any atom is 0.338 e. The number of allylic oxidation sites excluding steroid dienone is 1. The molecule has 10 nitrogen and oxygen atoms in total. The number of fused-ring (bicyclic) bond motifs is 1. The normalized spacial score (nSPS) is 14.6. The zero-order chi connectivity index (χ0) is 31.4. The van der Waals surface area contributed by atoms with Gasteiger partial charge in [-0.15, -0.1) is 0 Å². The number of carbonyl (C=O) groups is 2. The van der Waals surface area contributed by atoms with Crippen LogP contribution in [0.4, 0.5) is 0 Å². The van der Waals surface area contributed by atoms with Crippen LogP contribution in [0.2, 0.25) is 0 Å². The Labute approximate surface area is 257 Å². The molecule has 2 aromatic carbocycles. The summed E-state index contributed by atoms with van der Waals surface area (Å²) in [5.74, 6) is 0.973. The van der Waals surface area contributed by atoms with E-state index in [9.17, 15) is 14.4 Å². The Morgan fingerprint density at radius 3 is 2.55 bits per heavy atom. The quantitative estimate of drug-likeness (QED) is 0.237. The minimum Gasteiger partial charge on any atom is -0.497 e. The molecule has 5 rings (SSSR count). The molecule has 2 aromatic heterocycles. The summed E-state index contributed by atoms with van der Waals surface area (Å²) in [4.78, 5) is 44.8. The lowest BCUT2D eigenvalue weighted by Crippen LogP contribution is -2.40. The number of benzene rings is 2. The van der Waals surface area contributed by atoms with Crippen molar-refractivity contribution in [2.24, 2.45) is 4.99 Å². The van der Waals surface area contributed by atoms with Crippen molar-refractivity contribution in [3.8, 4) is 22.8 Å². The van der Waals surface area contributed by atoms with Gasteiger partial charge < -0.3 is 23.4 Å². The molecular formula is C33H32N2O8S. The van der Waals surface area contributed by atoms with Crippen LogP contribution in [0.15, 0.2) is 80.1 Å². The molecule has 0 amide bonds. The van der Waals surface area contributed by atoms with Crippen LogP contribution in [0.3, 0.4) is 0 Å². The molecule has 0 fully saturated rings. The minimum absolute atomic E-state index is 0.164. The van der Waals surface area contributed by atoms with Crippen LogP contribution in [-0.4, -0.2) is 44.4 Å². The summed E-state index contributed by atoms with van der Waals surface area (Å²) in [6, 6.07) is 14.8. The first kappa shape index (κ1) is 30.6. The second-order valence-corrected chi connectivity index (χ2v) is 10.8. The summed E-state index contributed by atoms with van der Waals surface area (Å²) in [7, 11) is 4.40. The number of ether oxygens (including phenoxy) is 4. The van der Waals surface area contributed by atoms with Crippen molar-refractivity contribution >= 4 is 29.4 Å². The first-order valence-corrected chi connectivity index (χ1v) is 14.9. The van der Waals surface area contributed by atoms with Gasteiger partial charge >= 0.3 is 11.9 Å².